The van der Waals surface area contributed by atoms with Crippen LogP contribution in [0.1, 0.15) is 42.0 Å². The molecule has 1 aliphatic carbocycles. The first-order valence-electron chi connectivity index (χ1n) is 10.0. The number of anilines is 1. The number of aryl methyl sites for hydroxylation is 1. The number of carbonyl (C=O) groups excluding carboxylic acids is 2. The number of fused-ring (bicyclic) bond motifs is 1. The molecular weight excluding hydrogens is 270 g/mol. The highest BCUT2D eigenvalue weighted by Crippen LogP contribution is 2.24. The first-order valence-corrected chi connectivity index (χ1v) is 5.96. The Morgan fingerprint density at radius 1 is 1.52 bits per heavy atom. The van der Waals surface area contributed by atoms with Crippen molar-refractivity contribution in [1.29, 1.82) is 0 Å². The summed E-state index contributed by atoms with van der Waals surface area (Å²) in [7, 11) is 0. The summed E-state index contributed by atoms with van der Waals surface area (Å²) < 4.78 is 63.3. The summed E-state index contributed by atoms with van der Waals surface area (Å²) in [5.74, 6) is -3.53. The minimum absolute atomic E-state index is 0.0820. The van der Waals surface area contributed by atoms with Crippen molar-refractivity contribution in [3.63, 3.8) is 0 Å². The molecular formula is C15H15N3O3. The molecule has 1 aromatic heterocycles. The molecule has 1 heterocycles. The average Bonchev–Trinajstić information content (AvgIpc) is 2.57. The van der Waals surface area contributed by atoms with Crippen LogP contribution in [0.5, 0.6) is 0 Å². The Morgan fingerprint density at radius 2 is 2.33 bits per heavy atom. The number of benzene rings is 1. The monoisotopic (exact) mass is 293 g/mol. The molecule has 1 fully saturated rings. The van der Waals surface area contributed by atoms with Crippen molar-refractivity contribution < 1.29 is 20.6 Å². The van der Waals surface area contributed by atoms with Gasteiger partial charge in [0.2, 0.25) is 0 Å². The molecule has 0 radical (unpaired) electrons. The largest absolute Gasteiger partial charge is 0.398 e. The second-order valence-electron chi connectivity index (χ2n) is 4.45. The van der Waals surface area contributed by atoms with Crippen LogP contribution in [0.4, 0.5) is 5.69 Å². The topological polar surface area (TPSA) is 95.0 Å². The highest BCUT2D eigenvalue weighted by molar-refractivity contribution is 6.03. The Hall–Kier alpha value is -2.50. The van der Waals surface area contributed by atoms with Gasteiger partial charge in [0, 0.05) is 20.3 Å². The van der Waals surface area contributed by atoms with Crippen LogP contribution in [0.15, 0.2) is 23.0 Å². The Labute approximate surface area is 131 Å². The van der Waals surface area contributed by atoms with E-state index in [0.29, 0.717) is 0 Å². The molecule has 2 atom stereocenters. The van der Waals surface area contributed by atoms with E-state index in [1.54, 1.807) is 0 Å². The summed E-state index contributed by atoms with van der Waals surface area (Å²) >= 11 is 0. The van der Waals surface area contributed by atoms with Gasteiger partial charge in [-0.1, -0.05) is 6.04 Å². The number of carbonyl (C=O) groups is 2. The molecule has 6 nitrogen and oxygen atoms in total. The molecule has 108 valence electrons. The number of nitrogens with zero attached hydrogens (tertiary/aromatic N) is 2. The van der Waals surface area contributed by atoms with E-state index in [2.05, 4.69) is 4.98 Å². The SMILES string of the molecule is [2H]c1cc(N)c2c(=O)n(C3([2H])C(=O)CC(=O)C([2H])C3([2H])[2H])c(C([2H])([2H])[2H])nc2c1. The van der Waals surface area contributed by atoms with Gasteiger partial charge in [0.15, 0.2) is 5.78 Å². The van der Waals surface area contributed by atoms with Gasteiger partial charge in [-0.2, -0.15) is 0 Å². The van der Waals surface area contributed by atoms with Crippen molar-refractivity contribution in [3.8, 4) is 0 Å². The van der Waals surface area contributed by atoms with Gasteiger partial charge in [-0.25, -0.2) is 4.98 Å². The van der Waals surface area contributed by atoms with Crippen LogP contribution in [0.2, 0.25) is 0 Å². The summed E-state index contributed by atoms with van der Waals surface area (Å²) in [4.78, 5) is 41.5. The number of nitrogen functional groups attached to an aromatic ring is 1. The highest BCUT2D eigenvalue weighted by Gasteiger charge is 2.30. The fourth-order valence-electron chi connectivity index (χ4n) is 2.11. The van der Waals surface area contributed by atoms with Crippen molar-refractivity contribution >= 4 is 28.2 Å². The zero-order valence-electron chi connectivity index (χ0n) is 18.6. The first kappa shape index (κ1) is 6.98. The molecule has 2 unspecified atom stereocenters. The Balaban J connectivity index is 2.54. The number of nitrogens with two attached hydrogens (primary N) is 1. The van der Waals surface area contributed by atoms with Crippen molar-refractivity contribution in [2.75, 3.05) is 5.73 Å². The summed E-state index contributed by atoms with van der Waals surface area (Å²) in [5.41, 5.74) is 3.93. The molecule has 2 N–H and O–H groups in total. The van der Waals surface area contributed by atoms with E-state index < -0.39 is 60.4 Å². The van der Waals surface area contributed by atoms with Gasteiger partial charge < -0.3 is 5.73 Å². The van der Waals surface area contributed by atoms with E-state index in [0.717, 1.165) is 12.1 Å². The molecule has 3 rings (SSSR count). The van der Waals surface area contributed by atoms with Gasteiger partial charge in [0.05, 0.1) is 26.1 Å². The molecule has 0 spiro atoms. The second kappa shape index (κ2) is 4.80. The third kappa shape index (κ3) is 2.12. The summed E-state index contributed by atoms with van der Waals surface area (Å²) in [6.45, 7) is -3.16. The van der Waals surface area contributed by atoms with Gasteiger partial charge in [0.1, 0.15) is 11.6 Å². The number of aromatic nitrogens is 2. The third-order valence-electron chi connectivity index (χ3n) is 3.05. The molecule has 1 aromatic carbocycles. The molecule has 6 heteroatoms. The van der Waals surface area contributed by atoms with E-state index in [1.165, 1.54) is 0 Å². The normalized spacial score (nSPS) is 34.8. The average molecular weight is 293 g/mol. The lowest BCUT2D eigenvalue weighted by molar-refractivity contribution is -0.132. The number of hydrogen-bond acceptors (Lipinski definition) is 5. The Kier molecular flexibility index (Phi) is 1.59. The summed E-state index contributed by atoms with van der Waals surface area (Å²) in [6, 6.07) is -1.26. The third-order valence-corrected chi connectivity index (χ3v) is 3.05. The van der Waals surface area contributed by atoms with Crippen LogP contribution in [-0.2, 0) is 9.59 Å². The lowest BCUT2D eigenvalue weighted by Gasteiger charge is -2.24. The quantitative estimate of drug-likeness (QED) is 0.628. The van der Waals surface area contributed by atoms with Crippen LogP contribution in [0, 0.1) is 6.85 Å². The van der Waals surface area contributed by atoms with Crippen LogP contribution < -0.4 is 11.3 Å². The predicted octanol–water partition coefficient (Wildman–Crippen LogP) is 1.15. The van der Waals surface area contributed by atoms with Crippen molar-refractivity contribution in [2.45, 2.75) is 32.1 Å². The number of ketones is 2. The standard InChI is InChI=1S/C15H15N3O3/c1-8-17-11-4-2-3-10(16)14(11)15(21)18(8)12-6-5-9(19)7-13(12)20/h2-4,12H,5-7,16H2,1H3/i1D3,2D,5D,6D2,12D. The lowest BCUT2D eigenvalue weighted by atomic mass is 9.92. The highest BCUT2D eigenvalue weighted by atomic mass is 16.2. The lowest BCUT2D eigenvalue weighted by Crippen LogP contribution is -2.36. The summed E-state index contributed by atoms with van der Waals surface area (Å²) in [5, 5.41) is -0.400. The van der Waals surface area contributed by atoms with Gasteiger partial charge in [0.25, 0.3) is 5.56 Å². The minimum Gasteiger partial charge on any atom is -0.398 e. The smallest absolute Gasteiger partial charge is 0.264 e. The zero-order chi connectivity index (χ0) is 22.1. The van der Waals surface area contributed by atoms with Crippen LogP contribution >= 0.6 is 0 Å². The summed E-state index contributed by atoms with van der Waals surface area (Å²) in [6.07, 6.45) is -6.44. The van der Waals surface area contributed by atoms with E-state index >= 15 is 0 Å². The first-order chi connectivity index (χ1) is 13.1. The molecule has 1 saturated carbocycles. The van der Waals surface area contributed by atoms with Gasteiger partial charge >= 0.3 is 0 Å². The van der Waals surface area contributed by atoms with Crippen molar-refractivity contribution in [3.05, 3.63) is 34.4 Å². The Bertz CT molecular complexity index is 1130. The molecule has 1 aliphatic rings. The molecule has 0 aliphatic heterocycles. The fraction of sp³-hybridized carbons (Fsp3) is 0.333. The minimum atomic E-state index is -3.23. The molecule has 0 amide bonds. The van der Waals surface area contributed by atoms with Crippen LogP contribution in [0.25, 0.3) is 10.9 Å². The number of hydrogen-bond donors (Lipinski definition) is 1. The van der Waals surface area contributed by atoms with Crippen LogP contribution in [0.3, 0.4) is 0 Å². The van der Waals surface area contributed by atoms with Crippen molar-refractivity contribution in [2.24, 2.45) is 0 Å². The van der Waals surface area contributed by atoms with E-state index in [9.17, 15) is 14.4 Å². The van der Waals surface area contributed by atoms with Crippen molar-refractivity contribution in [1.82, 2.24) is 9.55 Å². The predicted molar refractivity (Wildman–Crippen MR) is 78.1 cm³/mol. The molecule has 21 heavy (non-hydrogen) atoms. The van der Waals surface area contributed by atoms with Crippen LogP contribution in [-0.4, -0.2) is 21.1 Å². The fourth-order valence-corrected chi connectivity index (χ4v) is 2.11. The van der Waals surface area contributed by atoms with Gasteiger partial charge in [-0.3, -0.25) is 19.0 Å². The molecule has 0 saturated heterocycles. The zero-order valence-corrected chi connectivity index (χ0v) is 10.6. The van der Waals surface area contributed by atoms with E-state index in [-0.39, 0.29) is 21.8 Å². The van der Waals surface area contributed by atoms with Gasteiger partial charge in [-0.15, -0.1) is 0 Å². The maximum absolute atomic E-state index is 13.2. The number of Topliss-reactive ketones (excluding diaryl/α,β-unsaturated/α-hetero) is 2. The van der Waals surface area contributed by atoms with E-state index in [4.69, 9.17) is 16.7 Å². The molecule has 0 bridgehead atoms. The number of rotatable bonds is 1. The Morgan fingerprint density at radius 3 is 3.10 bits per heavy atom. The van der Waals surface area contributed by atoms with E-state index in [1.807, 2.05) is 0 Å². The maximum Gasteiger partial charge on any atom is 0.264 e. The molecule has 2 aromatic rings. The maximum atomic E-state index is 13.2. The van der Waals surface area contributed by atoms with Gasteiger partial charge in [-0.05, 0) is 25.4 Å². The second-order valence-corrected chi connectivity index (χ2v) is 4.45.